The molecule has 0 N–H and O–H groups in total. The SMILES string of the molecule is COCc1cc2cccc(C)c2o1. The molecule has 0 unspecified atom stereocenters. The summed E-state index contributed by atoms with van der Waals surface area (Å²) in [6.07, 6.45) is 0. The average molecular weight is 176 g/mol. The molecule has 13 heavy (non-hydrogen) atoms. The van der Waals surface area contributed by atoms with Crippen LogP contribution in [0.5, 0.6) is 0 Å². The van der Waals surface area contributed by atoms with E-state index in [0.717, 1.165) is 16.7 Å². The topological polar surface area (TPSA) is 22.4 Å². The van der Waals surface area contributed by atoms with Crippen molar-refractivity contribution in [3.63, 3.8) is 0 Å². The molecule has 2 heteroatoms. The largest absolute Gasteiger partial charge is 0.458 e. The summed E-state index contributed by atoms with van der Waals surface area (Å²) in [5, 5.41) is 1.15. The Bertz CT molecular complexity index is 415. The molecule has 0 radical (unpaired) electrons. The zero-order valence-corrected chi connectivity index (χ0v) is 7.83. The first-order chi connectivity index (χ1) is 6.31. The maximum Gasteiger partial charge on any atom is 0.137 e. The molecule has 2 nitrogen and oxygen atoms in total. The minimum atomic E-state index is 0.536. The highest BCUT2D eigenvalue weighted by atomic mass is 16.5. The molecule has 0 atom stereocenters. The van der Waals surface area contributed by atoms with E-state index < -0.39 is 0 Å². The van der Waals surface area contributed by atoms with Crippen LogP contribution >= 0.6 is 0 Å². The van der Waals surface area contributed by atoms with Gasteiger partial charge in [-0.2, -0.15) is 0 Å². The number of hydrogen-bond donors (Lipinski definition) is 0. The summed E-state index contributed by atoms with van der Waals surface area (Å²) in [5.41, 5.74) is 2.13. The maximum absolute atomic E-state index is 5.61. The number of aryl methyl sites for hydroxylation is 1. The van der Waals surface area contributed by atoms with E-state index >= 15 is 0 Å². The number of fused-ring (bicyclic) bond motifs is 1. The average Bonchev–Trinajstić information content (AvgIpc) is 2.49. The fraction of sp³-hybridized carbons (Fsp3) is 0.273. The monoisotopic (exact) mass is 176 g/mol. The van der Waals surface area contributed by atoms with Crippen LogP contribution in [0.15, 0.2) is 28.7 Å². The second kappa shape index (κ2) is 3.23. The zero-order chi connectivity index (χ0) is 9.26. The fourth-order valence-corrected chi connectivity index (χ4v) is 1.48. The van der Waals surface area contributed by atoms with Crippen molar-refractivity contribution in [1.29, 1.82) is 0 Å². The quantitative estimate of drug-likeness (QED) is 0.702. The number of ether oxygens (including phenoxy) is 1. The molecule has 0 spiro atoms. The highest BCUT2D eigenvalue weighted by Gasteiger charge is 2.04. The van der Waals surface area contributed by atoms with E-state index in [-0.39, 0.29) is 0 Å². The van der Waals surface area contributed by atoms with Crippen LogP contribution in [-0.4, -0.2) is 7.11 Å². The van der Waals surface area contributed by atoms with Crippen molar-refractivity contribution in [2.75, 3.05) is 7.11 Å². The maximum atomic E-state index is 5.61. The van der Waals surface area contributed by atoms with Gasteiger partial charge in [-0.25, -0.2) is 0 Å². The lowest BCUT2D eigenvalue weighted by Crippen LogP contribution is -1.81. The molecule has 0 amide bonds. The second-order valence-corrected chi connectivity index (χ2v) is 3.14. The lowest BCUT2D eigenvalue weighted by Gasteiger charge is -1.92. The number of para-hydroxylation sites is 1. The Kier molecular flexibility index (Phi) is 2.07. The summed E-state index contributed by atoms with van der Waals surface area (Å²) >= 11 is 0. The summed E-state index contributed by atoms with van der Waals surface area (Å²) in [6.45, 7) is 2.58. The van der Waals surface area contributed by atoms with E-state index in [1.165, 1.54) is 5.56 Å². The van der Waals surface area contributed by atoms with Gasteiger partial charge in [0.15, 0.2) is 0 Å². The van der Waals surface area contributed by atoms with Crippen molar-refractivity contribution in [2.45, 2.75) is 13.5 Å². The first-order valence-corrected chi connectivity index (χ1v) is 4.28. The van der Waals surface area contributed by atoms with Crippen LogP contribution in [0.25, 0.3) is 11.0 Å². The van der Waals surface area contributed by atoms with Gasteiger partial charge >= 0.3 is 0 Å². The van der Waals surface area contributed by atoms with Crippen molar-refractivity contribution in [1.82, 2.24) is 0 Å². The number of methoxy groups -OCH3 is 1. The van der Waals surface area contributed by atoms with Crippen LogP contribution in [0.4, 0.5) is 0 Å². The first-order valence-electron chi connectivity index (χ1n) is 4.28. The fourth-order valence-electron chi connectivity index (χ4n) is 1.48. The number of benzene rings is 1. The predicted molar refractivity (Wildman–Crippen MR) is 51.7 cm³/mol. The molecule has 0 saturated heterocycles. The molecule has 2 rings (SSSR count). The highest BCUT2D eigenvalue weighted by Crippen LogP contribution is 2.22. The molecule has 1 aromatic carbocycles. The van der Waals surface area contributed by atoms with Gasteiger partial charge in [0.25, 0.3) is 0 Å². The van der Waals surface area contributed by atoms with Gasteiger partial charge in [-0.15, -0.1) is 0 Å². The van der Waals surface area contributed by atoms with E-state index in [9.17, 15) is 0 Å². The molecular formula is C11H12O2. The van der Waals surface area contributed by atoms with Crippen LogP contribution in [0.2, 0.25) is 0 Å². The predicted octanol–water partition coefficient (Wildman–Crippen LogP) is 2.89. The first kappa shape index (κ1) is 8.32. The molecule has 0 fully saturated rings. The minimum Gasteiger partial charge on any atom is -0.458 e. The Morgan fingerprint density at radius 3 is 2.92 bits per heavy atom. The Hall–Kier alpha value is -1.28. The van der Waals surface area contributed by atoms with Gasteiger partial charge in [-0.05, 0) is 18.6 Å². The highest BCUT2D eigenvalue weighted by molar-refractivity contribution is 5.80. The van der Waals surface area contributed by atoms with Crippen LogP contribution in [-0.2, 0) is 11.3 Å². The van der Waals surface area contributed by atoms with Crippen LogP contribution in [0, 0.1) is 6.92 Å². The van der Waals surface area contributed by atoms with Crippen molar-refractivity contribution in [3.8, 4) is 0 Å². The molecule has 0 aliphatic carbocycles. The molecular weight excluding hydrogens is 164 g/mol. The Morgan fingerprint density at radius 1 is 1.38 bits per heavy atom. The molecule has 0 saturated carbocycles. The summed E-state index contributed by atoms with van der Waals surface area (Å²) in [6, 6.07) is 8.14. The lowest BCUT2D eigenvalue weighted by molar-refractivity contribution is 0.166. The molecule has 2 aromatic rings. The van der Waals surface area contributed by atoms with Crippen LogP contribution in [0.1, 0.15) is 11.3 Å². The number of hydrogen-bond acceptors (Lipinski definition) is 2. The summed E-state index contributed by atoms with van der Waals surface area (Å²) in [4.78, 5) is 0. The van der Waals surface area contributed by atoms with Gasteiger partial charge in [0.1, 0.15) is 18.0 Å². The van der Waals surface area contributed by atoms with E-state index in [2.05, 4.69) is 0 Å². The van der Waals surface area contributed by atoms with Gasteiger partial charge in [0, 0.05) is 12.5 Å². The van der Waals surface area contributed by atoms with Gasteiger partial charge in [0.2, 0.25) is 0 Å². The third-order valence-corrected chi connectivity index (χ3v) is 2.08. The summed E-state index contributed by atoms with van der Waals surface area (Å²) in [5.74, 6) is 0.881. The van der Waals surface area contributed by atoms with E-state index in [4.69, 9.17) is 9.15 Å². The van der Waals surface area contributed by atoms with Gasteiger partial charge in [-0.3, -0.25) is 0 Å². The van der Waals surface area contributed by atoms with Crippen molar-refractivity contribution >= 4 is 11.0 Å². The second-order valence-electron chi connectivity index (χ2n) is 3.14. The Labute approximate surface area is 77.1 Å². The number of rotatable bonds is 2. The van der Waals surface area contributed by atoms with Gasteiger partial charge in [0.05, 0.1) is 0 Å². The lowest BCUT2D eigenvalue weighted by atomic mass is 10.2. The minimum absolute atomic E-state index is 0.536. The van der Waals surface area contributed by atoms with Crippen LogP contribution < -0.4 is 0 Å². The Balaban J connectivity index is 2.55. The van der Waals surface area contributed by atoms with Gasteiger partial charge in [-0.1, -0.05) is 18.2 Å². The van der Waals surface area contributed by atoms with Crippen molar-refractivity contribution in [3.05, 3.63) is 35.6 Å². The molecule has 1 heterocycles. The van der Waals surface area contributed by atoms with Crippen LogP contribution in [0.3, 0.4) is 0 Å². The molecule has 0 aliphatic heterocycles. The van der Waals surface area contributed by atoms with E-state index in [1.807, 2.05) is 31.2 Å². The molecule has 68 valence electrons. The molecule has 0 bridgehead atoms. The zero-order valence-electron chi connectivity index (χ0n) is 7.83. The smallest absolute Gasteiger partial charge is 0.137 e. The van der Waals surface area contributed by atoms with E-state index in [1.54, 1.807) is 7.11 Å². The van der Waals surface area contributed by atoms with Crippen molar-refractivity contribution in [2.24, 2.45) is 0 Å². The third kappa shape index (κ3) is 1.45. The number of furan rings is 1. The third-order valence-electron chi connectivity index (χ3n) is 2.08. The normalized spacial score (nSPS) is 10.9. The molecule has 0 aliphatic rings. The standard InChI is InChI=1S/C11H12O2/c1-8-4-3-5-9-6-10(7-12-2)13-11(8)9/h3-6H,7H2,1-2H3. The summed E-state index contributed by atoms with van der Waals surface area (Å²) in [7, 11) is 1.67. The van der Waals surface area contributed by atoms with E-state index in [0.29, 0.717) is 6.61 Å². The van der Waals surface area contributed by atoms with Crippen molar-refractivity contribution < 1.29 is 9.15 Å². The summed E-state index contributed by atoms with van der Waals surface area (Å²) < 4.78 is 10.6. The Morgan fingerprint density at radius 2 is 2.23 bits per heavy atom. The molecule has 1 aromatic heterocycles. The van der Waals surface area contributed by atoms with Gasteiger partial charge < -0.3 is 9.15 Å².